The van der Waals surface area contributed by atoms with E-state index in [9.17, 15) is 23.6 Å². The molecule has 0 spiro atoms. The van der Waals surface area contributed by atoms with Crippen molar-refractivity contribution in [3.8, 4) is 6.07 Å². The van der Waals surface area contributed by atoms with Gasteiger partial charge in [-0.3, -0.25) is 4.79 Å². The third-order valence-corrected chi connectivity index (χ3v) is 5.08. The van der Waals surface area contributed by atoms with Gasteiger partial charge in [-0.25, -0.2) is 4.79 Å². The van der Waals surface area contributed by atoms with Crippen LogP contribution in [0.15, 0.2) is 0 Å². The van der Waals surface area contributed by atoms with Gasteiger partial charge in [-0.2, -0.15) is 14.0 Å². The lowest BCUT2D eigenvalue weighted by Crippen LogP contribution is -2.33. The van der Waals surface area contributed by atoms with Crippen LogP contribution in [0.25, 0.3) is 0 Å². The van der Waals surface area contributed by atoms with E-state index in [1.54, 1.807) is 6.92 Å². The number of hydrogen-bond donors (Lipinski definition) is 1. The summed E-state index contributed by atoms with van der Waals surface area (Å²) in [7, 11) is 0. The van der Waals surface area contributed by atoms with Gasteiger partial charge in [-0.05, 0) is 25.3 Å². The minimum Gasteiger partial charge on any atom is -0.462 e. The topological polar surface area (TPSA) is 88.4 Å². The fourth-order valence-electron chi connectivity index (χ4n) is 2.82. The van der Waals surface area contributed by atoms with Gasteiger partial charge in [0.1, 0.15) is 5.00 Å². The van der Waals surface area contributed by atoms with Gasteiger partial charge in [-0.1, -0.05) is 0 Å². The SMILES string of the molecule is CCOC(=O)c1c(NC(C)=O)sc2c1CCC(C#N)(COC(F)F)C2. The standard InChI is InChI=1S/C16H18F2N2O4S/c1-3-23-14(22)12-10-4-5-16(7-19,8-24-15(17)18)6-11(10)25-13(12)20-9(2)21/h15H,3-6,8H2,1-2H3,(H,20,21). The number of nitrogens with one attached hydrogen (secondary N) is 1. The molecule has 0 bridgehead atoms. The highest BCUT2D eigenvalue weighted by molar-refractivity contribution is 7.17. The molecule has 0 radical (unpaired) electrons. The number of amides is 1. The minimum absolute atomic E-state index is 0.183. The van der Waals surface area contributed by atoms with Crippen molar-refractivity contribution in [3.63, 3.8) is 0 Å². The number of thiophene rings is 1. The van der Waals surface area contributed by atoms with Crippen molar-refractivity contribution >= 4 is 28.2 Å². The molecule has 0 aromatic carbocycles. The summed E-state index contributed by atoms with van der Waals surface area (Å²) in [5.74, 6) is -0.881. The van der Waals surface area contributed by atoms with E-state index in [0.29, 0.717) is 27.4 Å². The van der Waals surface area contributed by atoms with Crippen molar-refractivity contribution in [1.29, 1.82) is 5.26 Å². The molecule has 1 heterocycles. The molecule has 0 aliphatic heterocycles. The first-order valence-electron chi connectivity index (χ1n) is 7.72. The van der Waals surface area contributed by atoms with Crippen LogP contribution in [0.4, 0.5) is 13.8 Å². The van der Waals surface area contributed by atoms with Gasteiger partial charge in [-0.15, -0.1) is 11.3 Å². The summed E-state index contributed by atoms with van der Waals surface area (Å²) in [6.07, 6.45) is 0.813. The van der Waals surface area contributed by atoms with Crippen molar-refractivity contribution < 1.29 is 27.8 Å². The quantitative estimate of drug-likeness (QED) is 0.775. The highest BCUT2D eigenvalue weighted by atomic mass is 32.1. The summed E-state index contributed by atoms with van der Waals surface area (Å²) >= 11 is 1.17. The number of alkyl halides is 2. The average Bonchev–Trinajstić information content (AvgIpc) is 2.89. The third kappa shape index (κ3) is 4.32. The molecule has 25 heavy (non-hydrogen) atoms. The highest BCUT2D eigenvalue weighted by Crippen LogP contribution is 2.44. The third-order valence-electron chi connectivity index (χ3n) is 3.94. The number of ether oxygens (including phenoxy) is 2. The lowest BCUT2D eigenvalue weighted by Gasteiger charge is -2.30. The molecule has 1 aliphatic rings. The Kier molecular flexibility index (Phi) is 6.08. The molecule has 0 fully saturated rings. The molecule has 1 aromatic rings. The predicted octanol–water partition coefficient (Wildman–Crippen LogP) is 3.12. The number of carbonyl (C=O) groups is 2. The second-order valence-corrected chi connectivity index (χ2v) is 6.86. The Morgan fingerprint density at radius 1 is 1.48 bits per heavy atom. The Bertz CT molecular complexity index is 714. The number of carbonyl (C=O) groups excluding carboxylic acids is 2. The molecule has 1 atom stereocenters. The summed E-state index contributed by atoms with van der Waals surface area (Å²) in [4.78, 5) is 24.4. The largest absolute Gasteiger partial charge is 0.462 e. The maximum Gasteiger partial charge on any atom is 0.345 e. The van der Waals surface area contributed by atoms with Crippen LogP contribution in [0, 0.1) is 16.7 Å². The van der Waals surface area contributed by atoms with E-state index in [2.05, 4.69) is 16.1 Å². The number of rotatable bonds is 6. The van der Waals surface area contributed by atoms with Gasteiger partial charge in [0.05, 0.1) is 30.3 Å². The Morgan fingerprint density at radius 2 is 2.20 bits per heavy atom. The average molecular weight is 372 g/mol. The molecular formula is C16H18F2N2O4S. The lowest BCUT2D eigenvalue weighted by molar-refractivity contribution is -0.146. The first kappa shape index (κ1) is 19.3. The summed E-state index contributed by atoms with van der Waals surface area (Å²) < 4.78 is 34.1. The monoisotopic (exact) mass is 372 g/mol. The number of fused-ring (bicyclic) bond motifs is 1. The first-order valence-corrected chi connectivity index (χ1v) is 8.54. The van der Waals surface area contributed by atoms with Gasteiger partial charge >= 0.3 is 12.6 Å². The van der Waals surface area contributed by atoms with E-state index in [0.717, 1.165) is 0 Å². The van der Waals surface area contributed by atoms with Gasteiger partial charge in [0.25, 0.3) is 0 Å². The van der Waals surface area contributed by atoms with Gasteiger partial charge in [0.2, 0.25) is 5.91 Å². The van der Waals surface area contributed by atoms with Gasteiger partial charge in [0.15, 0.2) is 0 Å². The highest BCUT2D eigenvalue weighted by Gasteiger charge is 2.40. The number of nitrogens with zero attached hydrogens (tertiary/aromatic N) is 1. The van der Waals surface area contributed by atoms with Crippen LogP contribution >= 0.6 is 11.3 Å². The van der Waals surface area contributed by atoms with E-state index in [4.69, 9.17) is 4.74 Å². The molecule has 1 amide bonds. The van der Waals surface area contributed by atoms with Crippen LogP contribution in [0.1, 0.15) is 41.1 Å². The van der Waals surface area contributed by atoms with Crippen LogP contribution < -0.4 is 5.32 Å². The number of nitriles is 1. The molecule has 0 saturated heterocycles. The minimum atomic E-state index is -2.94. The van der Waals surface area contributed by atoms with Crippen LogP contribution in [-0.4, -0.2) is 31.7 Å². The smallest absolute Gasteiger partial charge is 0.345 e. The van der Waals surface area contributed by atoms with Crippen LogP contribution in [0.3, 0.4) is 0 Å². The summed E-state index contributed by atoms with van der Waals surface area (Å²) in [5, 5.41) is 12.4. The second kappa shape index (κ2) is 7.89. The lowest BCUT2D eigenvalue weighted by atomic mass is 9.75. The Labute approximate surface area is 147 Å². The molecule has 1 aliphatic carbocycles. The molecule has 1 aromatic heterocycles. The Morgan fingerprint density at radius 3 is 2.76 bits per heavy atom. The zero-order chi connectivity index (χ0) is 18.6. The van der Waals surface area contributed by atoms with E-state index in [1.165, 1.54) is 18.3 Å². The summed E-state index contributed by atoms with van der Waals surface area (Å²) in [5.41, 5.74) is -0.0817. The van der Waals surface area contributed by atoms with Crippen molar-refractivity contribution in [2.24, 2.45) is 5.41 Å². The van der Waals surface area contributed by atoms with E-state index >= 15 is 0 Å². The van der Waals surface area contributed by atoms with Gasteiger partial charge < -0.3 is 14.8 Å². The molecule has 1 unspecified atom stereocenters. The van der Waals surface area contributed by atoms with Crippen molar-refractivity contribution in [1.82, 2.24) is 0 Å². The van der Waals surface area contributed by atoms with Crippen molar-refractivity contribution in [2.45, 2.75) is 39.7 Å². The number of anilines is 1. The number of hydrogen-bond acceptors (Lipinski definition) is 6. The Balaban J connectivity index is 2.37. The van der Waals surface area contributed by atoms with Crippen LogP contribution in [-0.2, 0) is 27.1 Å². The number of halogens is 2. The van der Waals surface area contributed by atoms with E-state index in [-0.39, 0.29) is 32.0 Å². The molecule has 6 nitrogen and oxygen atoms in total. The van der Waals surface area contributed by atoms with E-state index in [1.807, 2.05) is 0 Å². The second-order valence-electron chi connectivity index (χ2n) is 5.75. The first-order chi connectivity index (χ1) is 11.8. The molecule has 9 heteroatoms. The van der Waals surface area contributed by atoms with Crippen LogP contribution in [0.5, 0.6) is 0 Å². The zero-order valence-corrected chi connectivity index (χ0v) is 14.7. The van der Waals surface area contributed by atoms with Gasteiger partial charge in [0, 0.05) is 18.2 Å². The molecule has 2 rings (SSSR count). The maximum absolute atomic E-state index is 12.4. The normalized spacial score (nSPS) is 19.2. The molecule has 136 valence electrons. The molecule has 1 N–H and O–H groups in total. The number of esters is 1. The van der Waals surface area contributed by atoms with E-state index < -0.39 is 18.0 Å². The predicted molar refractivity (Wildman–Crippen MR) is 86.6 cm³/mol. The summed E-state index contributed by atoms with van der Waals surface area (Å²) in [6, 6.07) is 2.08. The fraction of sp³-hybridized carbons (Fsp3) is 0.562. The zero-order valence-electron chi connectivity index (χ0n) is 13.9. The molecule has 0 saturated carbocycles. The van der Waals surface area contributed by atoms with Crippen molar-refractivity contribution in [3.05, 3.63) is 16.0 Å². The maximum atomic E-state index is 12.4. The van der Waals surface area contributed by atoms with Crippen molar-refractivity contribution in [2.75, 3.05) is 18.5 Å². The summed E-state index contributed by atoms with van der Waals surface area (Å²) in [6.45, 7) is -0.142. The fourth-order valence-corrected chi connectivity index (χ4v) is 4.25. The Hall–Kier alpha value is -2.05. The van der Waals surface area contributed by atoms with Crippen LogP contribution in [0.2, 0.25) is 0 Å². The molecular weight excluding hydrogens is 354 g/mol.